The number of rotatable bonds is 6. The van der Waals surface area contributed by atoms with E-state index < -0.39 is 0 Å². The van der Waals surface area contributed by atoms with Gasteiger partial charge in [-0.15, -0.1) is 0 Å². The van der Waals surface area contributed by atoms with Crippen LogP contribution in [0.1, 0.15) is 22.3 Å². The Morgan fingerprint density at radius 1 is 1.14 bits per heavy atom. The average Bonchev–Trinajstić information content (AvgIpc) is 3.27. The van der Waals surface area contributed by atoms with Crippen LogP contribution in [0.2, 0.25) is 5.02 Å². The maximum atomic E-state index is 12.6. The number of halogens is 1. The molecule has 2 aromatic rings. The first-order valence-corrected chi connectivity index (χ1v) is 10.4. The Kier molecular flexibility index (Phi) is 5.83. The first kappa shape index (κ1) is 19.2. The summed E-state index contributed by atoms with van der Waals surface area (Å²) in [5, 5.41) is 4.27. The van der Waals surface area contributed by atoms with Gasteiger partial charge >= 0.3 is 0 Å². The second-order valence-corrected chi connectivity index (χ2v) is 8.38. The first-order valence-electron chi connectivity index (χ1n) is 10.0. The summed E-state index contributed by atoms with van der Waals surface area (Å²) in [4.78, 5) is 21.2. The average molecular weight is 399 g/mol. The van der Waals surface area contributed by atoms with Gasteiger partial charge in [-0.25, -0.2) is 0 Å². The minimum absolute atomic E-state index is 0.143. The van der Waals surface area contributed by atoms with Gasteiger partial charge in [-0.1, -0.05) is 17.7 Å². The van der Waals surface area contributed by atoms with Gasteiger partial charge in [0, 0.05) is 61.4 Å². The summed E-state index contributed by atoms with van der Waals surface area (Å²) in [6.07, 6.45) is 4.47. The number of likely N-dealkylation sites (tertiary alicyclic amines) is 2. The zero-order valence-electron chi connectivity index (χ0n) is 16.3. The molecule has 148 valence electrons. The fourth-order valence-electron chi connectivity index (χ4n) is 4.35. The molecule has 4 rings (SSSR count). The molecule has 2 unspecified atom stereocenters. The van der Waals surface area contributed by atoms with Crippen molar-refractivity contribution in [3.05, 3.63) is 58.9 Å². The lowest BCUT2D eigenvalue weighted by Gasteiger charge is -2.21. The Balaban J connectivity index is 1.19. The number of fused-ring (bicyclic) bond motifs is 1. The third kappa shape index (κ3) is 4.31. The van der Waals surface area contributed by atoms with E-state index in [2.05, 4.69) is 21.3 Å². The van der Waals surface area contributed by atoms with Crippen molar-refractivity contribution < 1.29 is 4.79 Å². The highest BCUT2D eigenvalue weighted by Gasteiger charge is 2.41. The lowest BCUT2D eigenvalue weighted by Crippen LogP contribution is -2.33. The van der Waals surface area contributed by atoms with E-state index in [4.69, 9.17) is 11.6 Å². The topological polar surface area (TPSA) is 48.5 Å². The Morgan fingerprint density at radius 2 is 1.86 bits per heavy atom. The van der Waals surface area contributed by atoms with E-state index in [1.807, 2.05) is 24.0 Å². The molecular weight excluding hydrogens is 372 g/mol. The number of pyridine rings is 1. The normalized spacial score (nSPS) is 21.7. The van der Waals surface area contributed by atoms with Crippen LogP contribution in [0.5, 0.6) is 0 Å². The highest BCUT2D eigenvalue weighted by Crippen LogP contribution is 2.31. The molecule has 2 aliphatic rings. The second kappa shape index (κ2) is 8.50. The Labute approximate surface area is 171 Å². The molecule has 5 nitrogen and oxygen atoms in total. The third-order valence-electron chi connectivity index (χ3n) is 5.93. The fourth-order valence-corrected chi connectivity index (χ4v) is 4.53. The van der Waals surface area contributed by atoms with E-state index in [-0.39, 0.29) is 5.91 Å². The molecule has 0 spiro atoms. The van der Waals surface area contributed by atoms with Crippen LogP contribution in [0, 0.1) is 18.8 Å². The second-order valence-electron chi connectivity index (χ2n) is 7.97. The van der Waals surface area contributed by atoms with Crippen LogP contribution in [-0.4, -0.2) is 60.0 Å². The van der Waals surface area contributed by atoms with E-state index in [1.54, 1.807) is 24.5 Å². The summed E-state index contributed by atoms with van der Waals surface area (Å²) in [6.45, 7) is 8.01. The summed E-state index contributed by atoms with van der Waals surface area (Å²) in [5.41, 5.74) is 2.93. The van der Waals surface area contributed by atoms with Gasteiger partial charge in [0.25, 0.3) is 5.91 Å². The number of aromatic nitrogens is 1. The largest absolute Gasteiger partial charge is 0.385 e. The van der Waals surface area contributed by atoms with Crippen molar-refractivity contribution in [3.8, 4) is 0 Å². The first-order chi connectivity index (χ1) is 13.6. The zero-order chi connectivity index (χ0) is 19.5. The summed E-state index contributed by atoms with van der Waals surface area (Å²) in [7, 11) is 0. The van der Waals surface area contributed by atoms with Gasteiger partial charge in [0.05, 0.1) is 0 Å². The number of hydrogen-bond acceptors (Lipinski definition) is 4. The number of aryl methyl sites for hydroxylation is 1. The molecule has 2 saturated heterocycles. The predicted molar refractivity (Wildman–Crippen MR) is 113 cm³/mol. The van der Waals surface area contributed by atoms with Crippen molar-refractivity contribution >= 4 is 23.2 Å². The van der Waals surface area contributed by atoms with E-state index in [9.17, 15) is 4.79 Å². The van der Waals surface area contributed by atoms with Gasteiger partial charge in [-0.3, -0.25) is 9.78 Å². The zero-order valence-corrected chi connectivity index (χ0v) is 17.0. The number of benzene rings is 1. The Bertz CT molecular complexity index is 815. The molecule has 3 heterocycles. The fraction of sp³-hybridized carbons (Fsp3) is 0.455. The van der Waals surface area contributed by atoms with Crippen molar-refractivity contribution in [1.29, 1.82) is 0 Å². The molecule has 0 aliphatic carbocycles. The van der Waals surface area contributed by atoms with Crippen LogP contribution in [0.15, 0.2) is 42.7 Å². The monoisotopic (exact) mass is 398 g/mol. The predicted octanol–water partition coefficient (Wildman–Crippen LogP) is 3.55. The molecule has 1 aromatic carbocycles. The van der Waals surface area contributed by atoms with E-state index in [0.717, 1.165) is 67.5 Å². The standard InChI is InChI=1S/C22H27ClN4O/c1-16-3-4-20(11-21(16)23)25-7-2-10-26-12-18-14-27(15-19(18)13-26)22(28)17-5-8-24-9-6-17/h3-6,8-9,11,18-19,25H,2,7,10,12-15H2,1H3. The highest BCUT2D eigenvalue weighted by atomic mass is 35.5. The SMILES string of the molecule is Cc1ccc(NCCCN2CC3CN(C(=O)c4ccncc4)CC3C2)cc1Cl. The quantitative estimate of drug-likeness (QED) is 0.756. The van der Waals surface area contributed by atoms with Crippen molar-refractivity contribution in [2.75, 3.05) is 44.6 Å². The van der Waals surface area contributed by atoms with Crippen LogP contribution in [0.3, 0.4) is 0 Å². The number of nitrogens with one attached hydrogen (secondary N) is 1. The van der Waals surface area contributed by atoms with Crippen molar-refractivity contribution in [2.45, 2.75) is 13.3 Å². The molecule has 1 N–H and O–H groups in total. The van der Waals surface area contributed by atoms with Gasteiger partial charge in [-0.2, -0.15) is 0 Å². The van der Waals surface area contributed by atoms with Crippen LogP contribution >= 0.6 is 11.6 Å². The maximum Gasteiger partial charge on any atom is 0.253 e. The lowest BCUT2D eigenvalue weighted by atomic mass is 10.0. The van der Waals surface area contributed by atoms with Crippen molar-refractivity contribution in [3.63, 3.8) is 0 Å². The van der Waals surface area contributed by atoms with Crippen molar-refractivity contribution in [1.82, 2.24) is 14.8 Å². The van der Waals surface area contributed by atoms with E-state index >= 15 is 0 Å². The molecule has 1 aromatic heterocycles. The summed E-state index contributed by atoms with van der Waals surface area (Å²) in [6, 6.07) is 9.72. The molecule has 1 amide bonds. The molecule has 2 aliphatic heterocycles. The number of carbonyl (C=O) groups is 1. The minimum atomic E-state index is 0.143. The number of anilines is 1. The molecule has 28 heavy (non-hydrogen) atoms. The number of carbonyl (C=O) groups excluding carboxylic acids is 1. The minimum Gasteiger partial charge on any atom is -0.385 e. The molecule has 2 fully saturated rings. The maximum absolute atomic E-state index is 12.6. The molecule has 6 heteroatoms. The number of hydrogen-bond donors (Lipinski definition) is 1. The van der Waals surface area contributed by atoms with Crippen LogP contribution in [0.25, 0.3) is 0 Å². The van der Waals surface area contributed by atoms with Crippen molar-refractivity contribution in [2.24, 2.45) is 11.8 Å². The van der Waals surface area contributed by atoms with Crippen LogP contribution in [0.4, 0.5) is 5.69 Å². The smallest absolute Gasteiger partial charge is 0.253 e. The molecule has 0 saturated carbocycles. The molecule has 0 bridgehead atoms. The summed E-state index contributed by atoms with van der Waals surface area (Å²) in [5.74, 6) is 1.36. The molecule has 2 atom stereocenters. The Hall–Kier alpha value is -2.11. The van der Waals surface area contributed by atoms with Gasteiger partial charge in [0.15, 0.2) is 0 Å². The van der Waals surface area contributed by atoms with E-state index in [0.29, 0.717) is 11.8 Å². The van der Waals surface area contributed by atoms with Crippen LogP contribution < -0.4 is 5.32 Å². The van der Waals surface area contributed by atoms with Gasteiger partial charge in [0.1, 0.15) is 0 Å². The molecular formula is C22H27ClN4O. The third-order valence-corrected chi connectivity index (χ3v) is 6.34. The summed E-state index contributed by atoms with van der Waals surface area (Å²) >= 11 is 6.18. The summed E-state index contributed by atoms with van der Waals surface area (Å²) < 4.78 is 0. The van der Waals surface area contributed by atoms with Gasteiger partial charge in [-0.05, 0) is 61.6 Å². The lowest BCUT2D eigenvalue weighted by molar-refractivity contribution is 0.0774. The van der Waals surface area contributed by atoms with Crippen LogP contribution in [-0.2, 0) is 0 Å². The van der Waals surface area contributed by atoms with Gasteiger partial charge < -0.3 is 15.1 Å². The van der Waals surface area contributed by atoms with E-state index in [1.165, 1.54) is 0 Å². The number of nitrogens with zero attached hydrogens (tertiary/aromatic N) is 3. The molecule has 0 radical (unpaired) electrons. The Morgan fingerprint density at radius 3 is 2.54 bits per heavy atom. The van der Waals surface area contributed by atoms with Gasteiger partial charge in [0.2, 0.25) is 0 Å². The highest BCUT2D eigenvalue weighted by molar-refractivity contribution is 6.31. The number of amides is 1.